The van der Waals surface area contributed by atoms with Crippen molar-refractivity contribution >= 4 is 33.2 Å². The molecular weight excluding hydrogens is 388 g/mol. The largest absolute Gasteiger partial charge is 0.497 e. The standard InChI is InChI=1S/C18H20N2O7S/c1-26-14-4-2-12(3-5-14)16(21)10-27-18(23)15-6-7-17(22)20(19-15)13-8-9-28(24,25)11-13/h2-5,13H,6-11H2,1H3/t13-/m0/s1. The summed E-state index contributed by atoms with van der Waals surface area (Å²) in [6.07, 6.45) is 0.414. The van der Waals surface area contributed by atoms with Gasteiger partial charge in [-0.25, -0.2) is 18.2 Å². The molecule has 1 fully saturated rings. The number of hydrogen-bond acceptors (Lipinski definition) is 8. The quantitative estimate of drug-likeness (QED) is 0.499. The molecule has 3 rings (SSSR count). The van der Waals surface area contributed by atoms with E-state index in [0.29, 0.717) is 11.3 Å². The summed E-state index contributed by atoms with van der Waals surface area (Å²) in [5.74, 6) is -1.08. The minimum atomic E-state index is -3.20. The number of esters is 1. The summed E-state index contributed by atoms with van der Waals surface area (Å²) in [4.78, 5) is 36.5. The lowest BCUT2D eigenvalue weighted by Gasteiger charge is -2.27. The molecule has 0 radical (unpaired) electrons. The van der Waals surface area contributed by atoms with Crippen LogP contribution in [0.2, 0.25) is 0 Å². The molecule has 1 aromatic rings. The second kappa shape index (κ2) is 8.09. The average molecular weight is 408 g/mol. The molecule has 1 saturated heterocycles. The third-order valence-electron chi connectivity index (χ3n) is 4.60. The van der Waals surface area contributed by atoms with Crippen LogP contribution in [0.15, 0.2) is 29.4 Å². The molecule has 9 nitrogen and oxygen atoms in total. The van der Waals surface area contributed by atoms with Crippen LogP contribution in [-0.4, -0.2) is 68.1 Å². The van der Waals surface area contributed by atoms with Crippen molar-refractivity contribution in [1.82, 2.24) is 5.01 Å². The second-order valence-electron chi connectivity index (χ2n) is 6.57. The Morgan fingerprint density at radius 3 is 2.54 bits per heavy atom. The fraction of sp³-hybridized carbons (Fsp3) is 0.444. The zero-order valence-corrected chi connectivity index (χ0v) is 16.1. The molecule has 1 atom stereocenters. The third kappa shape index (κ3) is 4.56. The van der Waals surface area contributed by atoms with Gasteiger partial charge in [0.05, 0.1) is 24.7 Å². The summed E-state index contributed by atoms with van der Waals surface area (Å²) < 4.78 is 33.3. The first-order valence-corrected chi connectivity index (χ1v) is 10.6. The maximum absolute atomic E-state index is 12.2. The molecule has 28 heavy (non-hydrogen) atoms. The van der Waals surface area contributed by atoms with Crippen LogP contribution in [0.25, 0.3) is 0 Å². The number of ketones is 1. The fourth-order valence-electron chi connectivity index (χ4n) is 3.05. The first-order chi connectivity index (χ1) is 13.3. The number of hydrazone groups is 1. The Labute approximate surface area is 162 Å². The Kier molecular flexibility index (Phi) is 5.78. The fourth-order valence-corrected chi connectivity index (χ4v) is 4.74. The van der Waals surface area contributed by atoms with Gasteiger partial charge in [-0.2, -0.15) is 5.10 Å². The molecular formula is C18H20N2O7S. The highest BCUT2D eigenvalue weighted by molar-refractivity contribution is 7.91. The Bertz CT molecular complexity index is 922. The number of ether oxygens (including phenoxy) is 2. The van der Waals surface area contributed by atoms with E-state index in [0.717, 1.165) is 5.01 Å². The number of sulfone groups is 1. The number of carbonyl (C=O) groups excluding carboxylic acids is 3. The number of hydrogen-bond donors (Lipinski definition) is 0. The van der Waals surface area contributed by atoms with Crippen molar-refractivity contribution in [2.24, 2.45) is 5.10 Å². The summed E-state index contributed by atoms with van der Waals surface area (Å²) >= 11 is 0. The van der Waals surface area contributed by atoms with Crippen molar-refractivity contribution in [1.29, 1.82) is 0 Å². The Balaban J connectivity index is 1.62. The minimum Gasteiger partial charge on any atom is -0.497 e. The van der Waals surface area contributed by atoms with E-state index < -0.39 is 28.5 Å². The van der Waals surface area contributed by atoms with Gasteiger partial charge < -0.3 is 9.47 Å². The van der Waals surface area contributed by atoms with Crippen LogP contribution in [0.4, 0.5) is 0 Å². The SMILES string of the molecule is COc1ccc(C(=O)COC(=O)C2=NN([C@H]3CCS(=O)(=O)C3)C(=O)CC2)cc1. The van der Waals surface area contributed by atoms with Crippen molar-refractivity contribution in [3.63, 3.8) is 0 Å². The molecule has 0 N–H and O–H groups in total. The van der Waals surface area contributed by atoms with E-state index in [2.05, 4.69) is 5.10 Å². The topological polar surface area (TPSA) is 119 Å². The molecule has 0 bridgehead atoms. The lowest BCUT2D eigenvalue weighted by Crippen LogP contribution is -2.42. The van der Waals surface area contributed by atoms with Crippen molar-refractivity contribution in [2.75, 3.05) is 25.2 Å². The lowest BCUT2D eigenvalue weighted by atomic mass is 10.1. The monoisotopic (exact) mass is 408 g/mol. The maximum atomic E-state index is 12.2. The highest BCUT2D eigenvalue weighted by Crippen LogP contribution is 2.22. The molecule has 1 amide bonds. The molecule has 2 aliphatic heterocycles. The van der Waals surface area contributed by atoms with Crippen molar-refractivity contribution in [3.8, 4) is 5.75 Å². The van der Waals surface area contributed by atoms with Gasteiger partial charge in [-0.05, 0) is 30.7 Å². The molecule has 0 unspecified atom stereocenters. The number of nitrogens with zero attached hydrogens (tertiary/aromatic N) is 2. The zero-order chi connectivity index (χ0) is 20.3. The number of methoxy groups -OCH3 is 1. The van der Waals surface area contributed by atoms with E-state index in [9.17, 15) is 22.8 Å². The molecule has 2 aliphatic rings. The van der Waals surface area contributed by atoms with E-state index >= 15 is 0 Å². The molecule has 0 aliphatic carbocycles. The van der Waals surface area contributed by atoms with E-state index in [1.54, 1.807) is 24.3 Å². The van der Waals surface area contributed by atoms with Crippen LogP contribution in [-0.2, 0) is 24.2 Å². The molecule has 0 spiro atoms. The number of rotatable bonds is 6. The Morgan fingerprint density at radius 2 is 1.93 bits per heavy atom. The summed E-state index contributed by atoms with van der Waals surface area (Å²) in [5, 5.41) is 5.10. The van der Waals surface area contributed by atoms with Gasteiger partial charge in [-0.3, -0.25) is 9.59 Å². The molecule has 2 heterocycles. The van der Waals surface area contributed by atoms with Gasteiger partial charge in [-0.15, -0.1) is 0 Å². The Morgan fingerprint density at radius 1 is 1.21 bits per heavy atom. The van der Waals surface area contributed by atoms with Gasteiger partial charge in [0.25, 0.3) is 0 Å². The number of benzene rings is 1. The van der Waals surface area contributed by atoms with Crippen LogP contribution in [0, 0.1) is 0 Å². The summed E-state index contributed by atoms with van der Waals surface area (Å²) in [5.41, 5.74) is 0.374. The van der Waals surface area contributed by atoms with E-state index in [-0.39, 0.29) is 48.2 Å². The minimum absolute atomic E-state index is 0.00595. The van der Waals surface area contributed by atoms with Gasteiger partial charge in [-0.1, -0.05) is 0 Å². The van der Waals surface area contributed by atoms with Crippen LogP contribution in [0.5, 0.6) is 5.75 Å². The first kappa shape index (κ1) is 20.0. The lowest BCUT2D eigenvalue weighted by molar-refractivity contribution is -0.136. The van der Waals surface area contributed by atoms with Crippen molar-refractivity contribution < 1.29 is 32.3 Å². The van der Waals surface area contributed by atoms with Crippen molar-refractivity contribution in [3.05, 3.63) is 29.8 Å². The average Bonchev–Trinajstić information content (AvgIpc) is 3.05. The summed E-state index contributed by atoms with van der Waals surface area (Å²) in [7, 11) is -1.68. The Hall–Kier alpha value is -2.75. The summed E-state index contributed by atoms with van der Waals surface area (Å²) in [6.45, 7) is -0.462. The molecule has 0 saturated carbocycles. The van der Waals surface area contributed by atoms with Crippen LogP contribution in [0.1, 0.15) is 29.6 Å². The highest BCUT2D eigenvalue weighted by Gasteiger charge is 2.37. The molecule has 150 valence electrons. The number of Topliss-reactive ketones (excluding diaryl/α,β-unsaturated/α-hetero) is 1. The van der Waals surface area contributed by atoms with E-state index in [1.807, 2.05) is 0 Å². The van der Waals surface area contributed by atoms with E-state index in [1.165, 1.54) is 7.11 Å². The normalized spacial score (nSPS) is 21.2. The maximum Gasteiger partial charge on any atom is 0.354 e. The van der Waals surface area contributed by atoms with Crippen LogP contribution < -0.4 is 4.74 Å². The highest BCUT2D eigenvalue weighted by atomic mass is 32.2. The van der Waals surface area contributed by atoms with Crippen LogP contribution in [0.3, 0.4) is 0 Å². The first-order valence-electron chi connectivity index (χ1n) is 8.73. The predicted octanol–water partition coefficient (Wildman–Crippen LogP) is 0.587. The third-order valence-corrected chi connectivity index (χ3v) is 6.35. The van der Waals surface area contributed by atoms with Gasteiger partial charge in [0.1, 0.15) is 11.5 Å². The second-order valence-corrected chi connectivity index (χ2v) is 8.80. The number of carbonyl (C=O) groups is 3. The number of amides is 1. The van der Waals surface area contributed by atoms with Crippen LogP contribution >= 0.6 is 0 Å². The molecule has 1 aromatic carbocycles. The van der Waals surface area contributed by atoms with Gasteiger partial charge >= 0.3 is 5.97 Å². The summed E-state index contributed by atoms with van der Waals surface area (Å²) in [6, 6.07) is 5.81. The van der Waals surface area contributed by atoms with Gasteiger partial charge in [0.2, 0.25) is 5.91 Å². The smallest absolute Gasteiger partial charge is 0.354 e. The van der Waals surface area contributed by atoms with Gasteiger partial charge in [0.15, 0.2) is 22.2 Å². The van der Waals surface area contributed by atoms with Gasteiger partial charge in [0, 0.05) is 18.4 Å². The van der Waals surface area contributed by atoms with Crippen molar-refractivity contribution in [2.45, 2.75) is 25.3 Å². The predicted molar refractivity (Wildman–Crippen MR) is 98.9 cm³/mol. The molecule has 0 aromatic heterocycles. The zero-order valence-electron chi connectivity index (χ0n) is 15.3. The van der Waals surface area contributed by atoms with E-state index in [4.69, 9.17) is 9.47 Å². The molecule has 10 heteroatoms.